The summed E-state index contributed by atoms with van der Waals surface area (Å²) in [5.41, 5.74) is 3.34. The fourth-order valence-corrected chi connectivity index (χ4v) is 3.36. The van der Waals surface area contributed by atoms with Crippen LogP contribution in [0.3, 0.4) is 0 Å². The van der Waals surface area contributed by atoms with Gasteiger partial charge in [0.2, 0.25) is 0 Å². The van der Waals surface area contributed by atoms with Crippen molar-refractivity contribution in [2.75, 3.05) is 0 Å². The van der Waals surface area contributed by atoms with E-state index in [0.717, 1.165) is 30.4 Å². The molecular formula is C26H25F3O4. The Kier molecular flexibility index (Phi) is 7.98. The van der Waals surface area contributed by atoms with Gasteiger partial charge in [0.25, 0.3) is 0 Å². The topological polar surface area (TPSA) is 55.8 Å². The summed E-state index contributed by atoms with van der Waals surface area (Å²) in [4.78, 5) is 11.1. The van der Waals surface area contributed by atoms with Crippen LogP contribution in [-0.4, -0.2) is 17.4 Å². The molecule has 0 aliphatic carbocycles. The summed E-state index contributed by atoms with van der Waals surface area (Å²) >= 11 is 0. The fraction of sp³-hybridized carbons (Fsp3) is 0.269. The number of aliphatic carboxylic acids is 1. The van der Waals surface area contributed by atoms with Crippen molar-refractivity contribution < 1.29 is 32.5 Å². The van der Waals surface area contributed by atoms with Crippen LogP contribution in [0.1, 0.15) is 37.3 Å². The van der Waals surface area contributed by atoms with Crippen molar-refractivity contribution in [2.24, 2.45) is 0 Å². The van der Waals surface area contributed by atoms with E-state index in [1.54, 1.807) is 18.2 Å². The lowest BCUT2D eigenvalue weighted by atomic mass is 10.0. The molecule has 0 atom stereocenters. The first-order chi connectivity index (χ1) is 15.7. The first-order valence-corrected chi connectivity index (χ1v) is 10.7. The van der Waals surface area contributed by atoms with Gasteiger partial charge < -0.3 is 14.6 Å². The van der Waals surface area contributed by atoms with E-state index in [0.29, 0.717) is 17.1 Å². The molecule has 0 fully saturated rings. The second kappa shape index (κ2) is 10.9. The molecule has 3 aromatic rings. The molecule has 3 rings (SSSR count). The Balaban J connectivity index is 1.85. The van der Waals surface area contributed by atoms with Crippen LogP contribution >= 0.6 is 0 Å². The molecule has 1 N–H and O–H groups in total. The number of rotatable bonds is 10. The Hall–Kier alpha value is -3.48. The van der Waals surface area contributed by atoms with Crippen LogP contribution in [-0.2, 0) is 17.6 Å². The van der Waals surface area contributed by atoms with Crippen molar-refractivity contribution in [3.63, 3.8) is 0 Å². The number of hydrogen-bond acceptors (Lipinski definition) is 3. The fourth-order valence-electron chi connectivity index (χ4n) is 3.36. The summed E-state index contributed by atoms with van der Waals surface area (Å²) in [5.74, 6) is -0.0851. The van der Waals surface area contributed by atoms with Gasteiger partial charge in [-0.2, -0.15) is 0 Å². The standard InChI is InChI=1S/C26H25F3O4/c1-2-3-4-18-5-12-22(13-6-18)32-24-17-21(8-7-20(24)11-16-25(30)31)19-9-14-23(15-10-19)33-26(27,28)29/h5-10,12-15,17H,2-4,11,16H2,1H3,(H,30,31). The van der Waals surface area contributed by atoms with Crippen LogP contribution < -0.4 is 9.47 Å². The predicted molar refractivity (Wildman–Crippen MR) is 120 cm³/mol. The first-order valence-electron chi connectivity index (χ1n) is 10.7. The van der Waals surface area contributed by atoms with Gasteiger partial charge in [-0.25, -0.2) is 0 Å². The molecule has 0 aliphatic rings. The molecule has 4 nitrogen and oxygen atoms in total. The highest BCUT2D eigenvalue weighted by Crippen LogP contribution is 2.33. The number of unbranched alkanes of at least 4 members (excludes halogenated alkanes) is 1. The van der Waals surface area contributed by atoms with E-state index in [1.165, 1.54) is 29.8 Å². The zero-order valence-electron chi connectivity index (χ0n) is 18.2. The third-order valence-corrected chi connectivity index (χ3v) is 5.07. The summed E-state index contributed by atoms with van der Waals surface area (Å²) in [7, 11) is 0. The summed E-state index contributed by atoms with van der Waals surface area (Å²) in [5, 5.41) is 9.06. The summed E-state index contributed by atoms with van der Waals surface area (Å²) in [6.45, 7) is 2.14. The summed E-state index contributed by atoms with van der Waals surface area (Å²) in [6, 6.07) is 18.6. The van der Waals surface area contributed by atoms with Gasteiger partial charge in [0.05, 0.1) is 0 Å². The number of carbonyl (C=O) groups is 1. The van der Waals surface area contributed by atoms with Gasteiger partial charge in [-0.05, 0) is 71.8 Å². The molecule has 0 aliphatic heterocycles. The Morgan fingerprint density at radius 1 is 0.879 bits per heavy atom. The van der Waals surface area contributed by atoms with Crippen LogP contribution in [0.25, 0.3) is 11.1 Å². The summed E-state index contributed by atoms with van der Waals surface area (Å²) < 4.78 is 47.2. The number of alkyl halides is 3. The van der Waals surface area contributed by atoms with Gasteiger partial charge >= 0.3 is 12.3 Å². The largest absolute Gasteiger partial charge is 0.573 e. The van der Waals surface area contributed by atoms with Gasteiger partial charge in [0, 0.05) is 6.42 Å². The summed E-state index contributed by atoms with van der Waals surface area (Å²) in [6.07, 6.45) is -1.30. The van der Waals surface area contributed by atoms with Crippen molar-refractivity contribution in [1.29, 1.82) is 0 Å². The van der Waals surface area contributed by atoms with Crippen LogP contribution in [0.5, 0.6) is 17.2 Å². The number of aryl methyl sites for hydroxylation is 2. The average molecular weight is 458 g/mol. The number of carboxylic acid groups (broad SMARTS) is 1. The lowest BCUT2D eigenvalue weighted by molar-refractivity contribution is -0.274. The average Bonchev–Trinajstić information content (AvgIpc) is 2.77. The van der Waals surface area contributed by atoms with Gasteiger partial charge in [-0.1, -0.05) is 49.7 Å². The van der Waals surface area contributed by atoms with Crippen molar-refractivity contribution in [1.82, 2.24) is 0 Å². The third kappa shape index (κ3) is 7.56. The van der Waals surface area contributed by atoms with Gasteiger partial charge in [0.1, 0.15) is 17.2 Å². The first kappa shape index (κ1) is 24.2. The molecule has 0 radical (unpaired) electrons. The highest BCUT2D eigenvalue weighted by Gasteiger charge is 2.31. The molecule has 7 heteroatoms. The highest BCUT2D eigenvalue weighted by molar-refractivity contribution is 5.69. The Morgan fingerprint density at radius 3 is 2.12 bits per heavy atom. The number of benzene rings is 3. The predicted octanol–water partition coefficient (Wildman–Crippen LogP) is 7.40. The Morgan fingerprint density at radius 2 is 1.52 bits per heavy atom. The van der Waals surface area contributed by atoms with Crippen LogP contribution in [0.2, 0.25) is 0 Å². The third-order valence-electron chi connectivity index (χ3n) is 5.07. The molecular weight excluding hydrogens is 433 g/mol. The van der Waals surface area contributed by atoms with Gasteiger partial charge in [0.15, 0.2) is 0 Å². The van der Waals surface area contributed by atoms with E-state index < -0.39 is 12.3 Å². The number of hydrogen-bond donors (Lipinski definition) is 1. The second-order valence-corrected chi connectivity index (χ2v) is 7.64. The Labute approximate surface area is 190 Å². The lowest BCUT2D eigenvalue weighted by Crippen LogP contribution is -2.16. The normalized spacial score (nSPS) is 11.3. The van der Waals surface area contributed by atoms with Crippen LogP contribution in [0.4, 0.5) is 13.2 Å². The van der Waals surface area contributed by atoms with E-state index in [9.17, 15) is 18.0 Å². The molecule has 0 saturated carbocycles. The second-order valence-electron chi connectivity index (χ2n) is 7.64. The van der Waals surface area contributed by atoms with Crippen LogP contribution in [0.15, 0.2) is 66.7 Å². The molecule has 0 unspecified atom stereocenters. The van der Waals surface area contributed by atoms with E-state index in [-0.39, 0.29) is 18.6 Å². The molecule has 33 heavy (non-hydrogen) atoms. The molecule has 3 aromatic carbocycles. The quantitative estimate of drug-likeness (QED) is 0.344. The van der Waals surface area contributed by atoms with Crippen molar-refractivity contribution in [2.45, 2.75) is 45.4 Å². The van der Waals surface area contributed by atoms with E-state index in [1.807, 2.05) is 24.3 Å². The van der Waals surface area contributed by atoms with E-state index >= 15 is 0 Å². The van der Waals surface area contributed by atoms with E-state index in [4.69, 9.17) is 9.84 Å². The van der Waals surface area contributed by atoms with Crippen LogP contribution in [0, 0.1) is 0 Å². The minimum Gasteiger partial charge on any atom is -0.481 e. The monoisotopic (exact) mass is 458 g/mol. The van der Waals surface area contributed by atoms with Crippen molar-refractivity contribution in [3.8, 4) is 28.4 Å². The van der Waals surface area contributed by atoms with E-state index in [2.05, 4.69) is 11.7 Å². The van der Waals surface area contributed by atoms with Crippen molar-refractivity contribution in [3.05, 3.63) is 77.9 Å². The maximum Gasteiger partial charge on any atom is 0.573 e. The number of ether oxygens (including phenoxy) is 2. The van der Waals surface area contributed by atoms with Gasteiger partial charge in [-0.15, -0.1) is 13.2 Å². The number of carboxylic acids is 1. The number of halogens is 3. The zero-order valence-corrected chi connectivity index (χ0v) is 18.2. The highest BCUT2D eigenvalue weighted by atomic mass is 19.4. The molecule has 0 spiro atoms. The maximum atomic E-state index is 12.4. The molecule has 0 amide bonds. The van der Waals surface area contributed by atoms with Crippen molar-refractivity contribution >= 4 is 5.97 Å². The molecule has 174 valence electrons. The minimum absolute atomic E-state index is 0.0465. The minimum atomic E-state index is -4.75. The zero-order chi connectivity index (χ0) is 23.8. The lowest BCUT2D eigenvalue weighted by Gasteiger charge is -2.14. The molecule has 0 saturated heterocycles. The molecule has 0 bridgehead atoms. The van der Waals surface area contributed by atoms with Gasteiger partial charge in [-0.3, -0.25) is 4.79 Å². The molecule has 0 aromatic heterocycles. The molecule has 0 heterocycles. The SMILES string of the molecule is CCCCc1ccc(Oc2cc(-c3ccc(OC(F)(F)F)cc3)ccc2CCC(=O)O)cc1. The maximum absolute atomic E-state index is 12.4. The Bertz CT molecular complexity index is 1060. The smallest absolute Gasteiger partial charge is 0.481 e.